The van der Waals surface area contributed by atoms with Gasteiger partial charge in [0, 0.05) is 12.6 Å². The van der Waals surface area contributed by atoms with Crippen molar-refractivity contribution in [1.29, 1.82) is 0 Å². The quantitative estimate of drug-likeness (QED) is 0.710. The van der Waals surface area contributed by atoms with Crippen molar-refractivity contribution in [3.63, 3.8) is 0 Å². The Morgan fingerprint density at radius 1 is 1.37 bits per heavy atom. The molecule has 8 nitrogen and oxygen atoms in total. The molecule has 0 saturated heterocycles. The second-order valence-corrected chi connectivity index (χ2v) is 3.94. The minimum atomic E-state index is 0.366. The van der Waals surface area contributed by atoms with Gasteiger partial charge in [-0.25, -0.2) is 4.68 Å². The smallest absolute Gasteiger partial charge is 0.248 e. The minimum Gasteiger partial charge on any atom is -0.461 e. The Kier molecular flexibility index (Phi) is 3.07. The average Bonchev–Trinajstić information content (AvgIpc) is 3.10. The molecule has 0 bridgehead atoms. The minimum absolute atomic E-state index is 0.366. The molecule has 0 aliphatic heterocycles. The molecule has 0 fully saturated rings. The fraction of sp³-hybridized carbons (Fsp3) is 0.273. The third-order valence-corrected chi connectivity index (χ3v) is 2.49. The molecule has 19 heavy (non-hydrogen) atoms. The van der Waals surface area contributed by atoms with Gasteiger partial charge in [-0.3, -0.25) is 0 Å². The zero-order valence-electron chi connectivity index (χ0n) is 10.1. The molecule has 2 N–H and O–H groups in total. The van der Waals surface area contributed by atoms with Crippen molar-refractivity contribution in [2.75, 3.05) is 6.54 Å². The summed E-state index contributed by atoms with van der Waals surface area (Å²) in [5.74, 6) is 1.43. The van der Waals surface area contributed by atoms with Crippen molar-refractivity contribution >= 4 is 0 Å². The standard InChI is InChI=1S/C11H12N6O2/c12-4-3-8-6-17(16-14-8)7-10-13-11(15-19-10)9-2-1-5-18-9/h1-2,5-6H,3-4,7,12H2. The summed E-state index contributed by atoms with van der Waals surface area (Å²) in [6, 6.07) is 3.53. The molecular formula is C11H12N6O2. The Hall–Kier alpha value is -2.48. The molecule has 0 saturated carbocycles. The van der Waals surface area contributed by atoms with Crippen molar-refractivity contribution in [2.45, 2.75) is 13.0 Å². The van der Waals surface area contributed by atoms with Crippen LogP contribution in [0.4, 0.5) is 0 Å². The molecule has 0 atom stereocenters. The van der Waals surface area contributed by atoms with Gasteiger partial charge in [0.1, 0.15) is 6.54 Å². The van der Waals surface area contributed by atoms with E-state index < -0.39 is 0 Å². The van der Waals surface area contributed by atoms with E-state index in [0.29, 0.717) is 37.0 Å². The molecule has 8 heteroatoms. The average molecular weight is 260 g/mol. The SMILES string of the molecule is NCCc1cn(Cc2nc(-c3ccco3)no2)nn1. The molecule has 0 amide bonds. The summed E-state index contributed by atoms with van der Waals surface area (Å²) in [4.78, 5) is 4.22. The molecule has 3 rings (SSSR count). The van der Waals surface area contributed by atoms with Crippen LogP contribution in [0.25, 0.3) is 11.6 Å². The third kappa shape index (κ3) is 2.52. The lowest BCUT2D eigenvalue weighted by Crippen LogP contribution is -2.03. The number of furan rings is 1. The first-order chi connectivity index (χ1) is 9.35. The topological polar surface area (TPSA) is 109 Å². The van der Waals surface area contributed by atoms with E-state index in [4.69, 9.17) is 14.7 Å². The highest BCUT2D eigenvalue weighted by Crippen LogP contribution is 2.15. The van der Waals surface area contributed by atoms with E-state index in [1.165, 1.54) is 0 Å². The van der Waals surface area contributed by atoms with E-state index in [-0.39, 0.29) is 0 Å². The van der Waals surface area contributed by atoms with Crippen molar-refractivity contribution in [2.24, 2.45) is 5.73 Å². The van der Waals surface area contributed by atoms with Crippen LogP contribution in [-0.4, -0.2) is 31.7 Å². The Morgan fingerprint density at radius 2 is 2.32 bits per heavy atom. The van der Waals surface area contributed by atoms with Crippen molar-refractivity contribution in [3.05, 3.63) is 36.2 Å². The van der Waals surface area contributed by atoms with Crippen LogP contribution in [-0.2, 0) is 13.0 Å². The highest BCUT2D eigenvalue weighted by molar-refractivity contribution is 5.44. The van der Waals surface area contributed by atoms with Crippen molar-refractivity contribution < 1.29 is 8.94 Å². The highest BCUT2D eigenvalue weighted by atomic mass is 16.5. The predicted molar refractivity (Wildman–Crippen MR) is 63.9 cm³/mol. The summed E-state index contributed by atoms with van der Waals surface area (Å²) in [7, 11) is 0. The number of hydrogen-bond acceptors (Lipinski definition) is 7. The molecule has 98 valence electrons. The van der Waals surface area contributed by atoms with E-state index in [2.05, 4.69) is 20.5 Å². The Labute approximate surface area is 108 Å². The molecule has 3 heterocycles. The maximum absolute atomic E-state index is 5.45. The van der Waals surface area contributed by atoms with Crippen LogP contribution in [0.5, 0.6) is 0 Å². The maximum atomic E-state index is 5.45. The van der Waals surface area contributed by atoms with Crippen LogP contribution >= 0.6 is 0 Å². The Morgan fingerprint density at radius 3 is 3.11 bits per heavy atom. The lowest BCUT2D eigenvalue weighted by atomic mass is 10.3. The Bertz CT molecular complexity index is 642. The van der Waals surface area contributed by atoms with Crippen LogP contribution in [0, 0.1) is 0 Å². The van der Waals surface area contributed by atoms with Gasteiger partial charge in [-0.1, -0.05) is 10.4 Å². The summed E-state index contributed by atoms with van der Waals surface area (Å²) in [6.45, 7) is 0.910. The van der Waals surface area contributed by atoms with E-state index in [9.17, 15) is 0 Å². The summed E-state index contributed by atoms with van der Waals surface area (Å²) in [5, 5.41) is 11.8. The summed E-state index contributed by atoms with van der Waals surface area (Å²) >= 11 is 0. The number of nitrogens with two attached hydrogens (primary N) is 1. The van der Waals surface area contributed by atoms with Gasteiger partial charge in [0.15, 0.2) is 5.76 Å². The molecule has 0 aliphatic rings. The number of rotatable bonds is 5. The summed E-state index contributed by atoms with van der Waals surface area (Å²) < 4.78 is 11.9. The summed E-state index contributed by atoms with van der Waals surface area (Å²) in [5.41, 5.74) is 6.29. The van der Waals surface area contributed by atoms with E-state index >= 15 is 0 Å². The van der Waals surface area contributed by atoms with E-state index in [1.54, 1.807) is 23.1 Å². The van der Waals surface area contributed by atoms with Gasteiger partial charge in [0.05, 0.1) is 12.0 Å². The lowest BCUT2D eigenvalue weighted by molar-refractivity contribution is 0.363. The van der Waals surface area contributed by atoms with Gasteiger partial charge in [-0.2, -0.15) is 4.98 Å². The second-order valence-electron chi connectivity index (χ2n) is 3.94. The van der Waals surface area contributed by atoms with Crippen molar-refractivity contribution in [1.82, 2.24) is 25.1 Å². The van der Waals surface area contributed by atoms with Crippen LogP contribution in [0.15, 0.2) is 33.5 Å². The van der Waals surface area contributed by atoms with Crippen LogP contribution in [0.3, 0.4) is 0 Å². The van der Waals surface area contributed by atoms with Gasteiger partial charge in [0.25, 0.3) is 0 Å². The summed E-state index contributed by atoms with van der Waals surface area (Å²) in [6.07, 6.45) is 4.06. The van der Waals surface area contributed by atoms with Gasteiger partial charge >= 0.3 is 0 Å². The van der Waals surface area contributed by atoms with E-state index in [0.717, 1.165) is 5.69 Å². The third-order valence-electron chi connectivity index (χ3n) is 2.49. The molecule has 0 aromatic carbocycles. The fourth-order valence-electron chi connectivity index (χ4n) is 1.64. The van der Waals surface area contributed by atoms with Gasteiger partial charge < -0.3 is 14.7 Å². The van der Waals surface area contributed by atoms with Crippen LogP contribution in [0.2, 0.25) is 0 Å². The fourth-order valence-corrected chi connectivity index (χ4v) is 1.64. The normalized spacial score (nSPS) is 11.0. The molecule has 0 aliphatic carbocycles. The van der Waals surface area contributed by atoms with Gasteiger partial charge in [0.2, 0.25) is 11.7 Å². The van der Waals surface area contributed by atoms with Crippen molar-refractivity contribution in [3.8, 4) is 11.6 Å². The van der Waals surface area contributed by atoms with Crippen LogP contribution < -0.4 is 5.73 Å². The van der Waals surface area contributed by atoms with Gasteiger partial charge in [-0.15, -0.1) is 5.10 Å². The molecular weight excluding hydrogens is 248 g/mol. The first kappa shape index (κ1) is 11.6. The molecule has 0 radical (unpaired) electrons. The molecule has 3 aromatic rings. The maximum Gasteiger partial charge on any atom is 0.248 e. The predicted octanol–water partition coefficient (Wildman–Crippen LogP) is 0.471. The number of hydrogen-bond donors (Lipinski definition) is 1. The number of nitrogens with zero attached hydrogens (tertiary/aromatic N) is 5. The first-order valence-electron chi connectivity index (χ1n) is 5.80. The zero-order chi connectivity index (χ0) is 13.1. The largest absolute Gasteiger partial charge is 0.461 e. The number of aromatic nitrogens is 5. The highest BCUT2D eigenvalue weighted by Gasteiger charge is 2.11. The van der Waals surface area contributed by atoms with Crippen LogP contribution in [0.1, 0.15) is 11.6 Å². The lowest BCUT2D eigenvalue weighted by Gasteiger charge is -1.92. The first-order valence-corrected chi connectivity index (χ1v) is 5.80. The zero-order valence-corrected chi connectivity index (χ0v) is 10.1. The molecule has 3 aromatic heterocycles. The molecule has 0 unspecified atom stereocenters. The van der Waals surface area contributed by atoms with E-state index in [1.807, 2.05) is 6.20 Å². The second kappa shape index (κ2) is 5.02. The monoisotopic (exact) mass is 260 g/mol. The Balaban J connectivity index is 1.72. The molecule has 0 spiro atoms. The van der Waals surface area contributed by atoms with Gasteiger partial charge in [-0.05, 0) is 18.7 Å².